The Bertz CT molecular complexity index is 83.0. The summed E-state index contributed by atoms with van der Waals surface area (Å²) in [6.07, 6.45) is 1.01. The van der Waals surface area contributed by atoms with Gasteiger partial charge in [0.25, 0.3) is 11.3 Å². The highest BCUT2D eigenvalue weighted by atomic mass is 32.2. The lowest BCUT2D eigenvalue weighted by molar-refractivity contribution is 0.201. The van der Waals surface area contributed by atoms with Crippen LogP contribution in [-0.2, 0) is 16.1 Å². The van der Waals surface area contributed by atoms with Gasteiger partial charge in [0.15, 0.2) is 0 Å². The summed E-state index contributed by atoms with van der Waals surface area (Å²) in [5.41, 5.74) is 0. The lowest BCUT2D eigenvalue weighted by atomic mass is 11.2. The molecule has 0 fully saturated rings. The van der Waals surface area contributed by atoms with Crippen molar-refractivity contribution in [2.24, 2.45) is 0 Å². The Hall–Kier alpha value is -0.390. The first kappa shape index (κ1) is 6.61. The summed E-state index contributed by atoms with van der Waals surface area (Å²) in [6.45, 7) is 3.10. The molecule has 0 heterocycles. The SMILES string of the molecule is C=CONS(=O)O. The van der Waals surface area contributed by atoms with Crippen LogP contribution in [0.1, 0.15) is 0 Å². The fraction of sp³-hybridized carbons (Fsp3) is 0. The van der Waals surface area contributed by atoms with Gasteiger partial charge in [-0.25, -0.2) is 4.21 Å². The van der Waals surface area contributed by atoms with Crippen LogP contribution in [0.2, 0.25) is 0 Å². The highest BCUT2D eigenvalue weighted by Gasteiger charge is 1.82. The molecule has 2 N–H and O–H groups in total. The van der Waals surface area contributed by atoms with Crippen molar-refractivity contribution in [1.29, 1.82) is 0 Å². The summed E-state index contributed by atoms with van der Waals surface area (Å²) >= 11 is -2.11. The standard InChI is InChI=1S/C2H5NO3S/c1-2-6-3-7(4)5/h2-3H,1H2,(H,4,5). The van der Waals surface area contributed by atoms with E-state index in [-0.39, 0.29) is 0 Å². The van der Waals surface area contributed by atoms with Crippen molar-refractivity contribution in [3.05, 3.63) is 12.8 Å². The molecule has 0 aliphatic heterocycles. The molecule has 1 unspecified atom stereocenters. The van der Waals surface area contributed by atoms with E-state index >= 15 is 0 Å². The van der Waals surface area contributed by atoms with E-state index in [2.05, 4.69) is 11.4 Å². The normalized spacial score (nSPS) is 12.7. The first-order valence-corrected chi connectivity index (χ1v) is 2.51. The van der Waals surface area contributed by atoms with Crippen LogP contribution in [0.15, 0.2) is 12.8 Å². The van der Waals surface area contributed by atoms with Gasteiger partial charge >= 0.3 is 0 Å². The van der Waals surface area contributed by atoms with Crippen LogP contribution in [0.4, 0.5) is 0 Å². The van der Waals surface area contributed by atoms with Gasteiger partial charge in [0.05, 0.1) is 0 Å². The van der Waals surface area contributed by atoms with Crippen LogP contribution in [0.5, 0.6) is 0 Å². The van der Waals surface area contributed by atoms with Crippen LogP contribution < -0.4 is 4.89 Å². The third-order valence-electron chi connectivity index (χ3n) is 0.203. The minimum absolute atomic E-state index is 1.01. The van der Waals surface area contributed by atoms with Gasteiger partial charge in [0.1, 0.15) is 6.26 Å². The molecule has 0 aliphatic rings. The molecular weight excluding hydrogens is 118 g/mol. The van der Waals surface area contributed by atoms with E-state index in [4.69, 9.17) is 4.55 Å². The maximum Gasteiger partial charge on any atom is 0.266 e. The molecule has 0 aromatic carbocycles. The Labute approximate surface area is 43.5 Å². The molecule has 0 aromatic rings. The summed E-state index contributed by atoms with van der Waals surface area (Å²) in [6, 6.07) is 0. The molecule has 0 aliphatic carbocycles. The Balaban J connectivity index is 2.97. The maximum absolute atomic E-state index is 9.59. The summed E-state index contributed by atoms with van der Waals surface area (Å²) in [5.74, 6) is 0. The van der Waals surface area contributed by atoms with Crippen molar-refractivity contribution in [2.45, 2.75) is 0 Å². The second-order valence-electron chi connectivity index (χ2n) is 0.617. The molecule has 1 atom stereocenters. The van der Waals surface area contributed by atoms with Crippen LogP contribution in [-0.4, -0.2) is 8.76 Å². The summed E-state index contributed by atoms with van der Waals surface area (Å²) in [4.78, 5) is 5.76. The number of hydrogen-bond donors (Lipinski definition) is 2. The van der Waals surface area contributed by atoms with Crippen LogP contribution >= 0.6 is 0 Å². The lowest BCUT2D eigenvalue weighted by Crippen LogP contribution is -2.12. The minimum Gasteiger partial charge on any atom is -0.402 e. The molecular formula is C2H5NO3S. The Morgan fingerprint density at radius 2 is 2.57 bits per heavy atom. The van der Waals surface area contributed by atoms with E-state index in [1.165, 1.54) is 0 Å². The molecule has 4 nitrogen and oxygen atoms in total. The monoisotopic (exact) mass is 123 g/mol. The Kier molecular flexibility index (Phi) is 3.58. The van der Waals surface area contributed by atoms with Gasteiger partial charge in [-0.2, -0.15) is 0 Å². The molecule has 5 heteroatoms. The van der Waals surface area contributed by atoms with Gasteiger partial charge in [-0.3, -0.25) is 4.55 Å². The van der Waals surface area contributed by atoms with Crippen LogP contribution in [0.25, 0.3) is 0 Å². The van der Waals surface area contributed by atoms with Gasteiger partial charge in [-0.1, -0.05) is 6.58 Å². The number of rotatable bonds is 3. The number of hydrogen-bond acceptors (Lipinski definition) is 2. The average Bonchev–Trinajstić information content (AvgIpc) is 1.61. The van der Waals surface area contributed by atoms with Gasteiger partial charge in [-0.15, -0.1) is 0 Å². The molecule has 7 heavy (non-hydrogen) atoms. The minimum atomic E-state index is -2.11. The predicted octanol–water partition coefficient (Wildman–Crippen LogP) is -0.212. The van der Waals surface area contributed by atoms with Gasteiger partial charge in [-0.05, 0) is 4.89 Å². The third-order valence-corrected chi connectivity index (χ3v) is 0.442. The van der Waals surface area contributed by atoms with Crippen LogP contribution in [0, 0.1) is 0 Å². The molecule has 0 rings (SSSR count). The van der Waals surface area contributed by atoms with E-state index in [0.717, 1.165) is 6.26 Å². The summed E-state index contributed by atoms with van der Waals surface area (Å²) < 4.78 is 17.5. The molecule has 0 bridgehead atoms. The number of nitrogens with one attached hydrogen (secondary N) is 1. The highest BCUT2D eigenvalue weighted by Crippen LogP contribution is 1.64. The van der Waals surface area contributed by atoms with Crippen molar-refractivity contribution < 1.29 is 13.6 Å². The van der Waals surface area contributed by atoms with E-state index in [1.54, 1.807) is 4.89 Å². The fourth-order valence-corrected chi connectivity index (χ4v) is 0.226. The molecule has 0 aromatic heterocycles. The van der Waals surface area contributed by atoms with Crippen LogP contribution in [0.3, 0.4) is 0 Å². The van der Waals surface area contributed by atoms with Gasteiger partial charge in [0.2, 0.25) is 0 Å². The quantitative estimate of drug-likeness (QED) is 0.310. The first-order chi connectivity index (χ1) is 3.27. The van der Waals surface area contributed by atoms with Crippen molar-refractivity contribution in [3.8, 4) is 0 Å². The van der Waals surface area contributed by atoms with Gasteiger partial charge < -0.3 is 4.84 Å². The van der Waals surface area contributed by atoms with E-state index in [0.29, 0.717) is 0 Å². The largest absolute Gasteiger partial charge is 0.402 e. The third kappa shape index (κ3) is 5.61. The van der Waals surface area contributed by atoms with Crippen molar-refractivity contribution in [1.82, 2.24) is 4.89 Å². The van der Waals surface area contributed by atoms with E-state index in [1.807, 2.05) is 0 Å². The zero-order chi connectivity index (χ0) is 5.70. The Morgan fingerprint density at radius 1 is 2.00 bits per heavy atom. The van der Waals surface area contributed by atoms with Crippen molar-refractivity contribution >= 4 is 11.3 Å². The Morgan fingerprint density at radius 3 is 2.71 bits per heavy atom. The second kappa shape index (κ2) is 3.79. The molecule has 0 spiro atoms. The van der Waals surface area contributed by atoms with E-state index in [9.17, 15) is 4.21 Å². The van der Waals surface area contributed by atoms with Crippen molar-refractivity contribution in [3.63, 3.8) is 0 Å². The highest BCUT2D eigenvalue weighted by molar-refractivity contribution is 7.76. The fourth-order valence-electron chi connectivity index (χ4n) is 0.0752. The zero-order valence-electron chi connectivity index (χ0n) is 3.46. The molecule has 0 saturated heterocycles. The predicted molar refractivity (Wildman–Crippen MR) is 25.2 cm³/mol. The molecule has 0 saturated carbocycles. The van der Waals surface area contributed by atoms with E-state index < -0.39 is 11.3 Å². The van der Waals surface area contributed by atoms with Crippen molar-refractivity contribution in [2.75, 3.05) is 0 Å². The smallest absolute Gasteiger partial charge is 0.266 e. The molecule has 0 amide bonds. The maximum atomic E-state index is 9.59. The summed E-state index contributed by atoms with van der Waals surface area (Å²) in [5, 5.41) is 0. The molecule has 42 valence electrons. The van der Waals surface area contributed by atoms with Gasteiger partial charge in [0, 0.05) is 0 Å². The average molecular weight is 123 g/mol. The molecule has 0 radical (unpaired) electrons. The first-order valence-electron chi connectivity index (χ1n) is 1.40. The zero-order valence-corrected chi connectivity index (χ0v) is 4.27. The lowest BCUT2D eigenvalue weighted by Gasteiger charge is -1.91. The second-order valence-corrected chi connectivity index (χ2v) is 1.28. The topological polar surface area (TPSA) is 58.6 Å². The summed E-state index contributed by atoms with van der Waals surface area (Å²) in [7, 11) is 0.